The molecule has 1 amide bonds. The van der Waals surface area contributed by atoms with Gasteiger partial charge in [0, 0.05) is 54.0 Å². The number of fused-ring (bicyclic) bond motifs is 1. The van der Waals surface area contributed by atoms with Crippen molar-refractivity contribution in [3.05, 3.63) is 57.4 Å². The summed E-state index contributed by atoms with van der Waals surface area (Å²) in [7, 11) is 0. The fraction of sp³-hybridized carbons (Fsp3) is 0.333. The number of pyridine rings is 1. The Kier molecular flexibility index (Phi) is 5.34. The fourth-order valence-corrected chi connectivity index (χ4v) is 4.46. The van der Waals surface area contributed by atoms with Crippen molar-refractivity contribution in [3.8, 4) is 11.3 Å². The lowest BCUT2D eigenvalue weighted by Gasteiger charge is -2.09. The number of amides is 1. The first-order valence-corrected chi connectivity index (χ1v) is 10.4. The summed E-state index contributed by atoms with van der Waals surface area (Å²) >= 11 is 1.63. The van der Waals surface area contributed by atoms with Gasteiger partial charge in [-0.3, -0.25) is 14.6 Å². The van der Waals surface area contributed by atoms with E-state index in [1.807, 2.05) is 24.4 Å². The highest BCUT2D eigenvalue weighted by atomic mass is 32.1. The van der Waals surface area contributed by atoms with Gasteiger partial charge in [0.15, 0.2) is 5.78 Å². The number of nitrogens with one attached hydrogen (secondary N) is 2. The summed E-state index contributed by atoms with van der Waals surface area (Å²) < 4.78 is 0. The van der Waals surface area contributed by atoms with Crippen molar-refractivity contribution in [3.63, 3.8) is 0 Å². The standard InChI is InChI=1S/C21H22N4O2S/c1-13-19-15(4-2-5-17(19)26)25-20(13)21(27)23-9-3-6-18-24-16(12-28-18)14-7-10-22-11-8-14/h7-8,10-12,25H,2-6,9H2,1H3,(H,23,27). The van der Waals surface area contributed by atoms with Crippen LogP contribution in [0.5, 0.6) is 0 Å². The third-order valence-corrected chi connectivity index (χ3v) is 5.95. The normalized spacial score (nSPS) is 13.4. The number of ketones is 1. The zero-order valence-corrected chi connectivity index (χ0v) is 16.6. The Labute approximate surface area is 167 Å². The Bertz CT molecular complexity index is 1010. The second kappa shape index (κ2) is 8.06. The number of thiazole rings is 1. The molecule has 0 aliphatic heterocycles. The first-order valence-electron chi connectivity index (χ1n) is 9.51. The van der Waals surface area contributed by atoms with E-state index in [2.05, 4.69) is 20.3 Å². The maximum absolute atomic E-state index is 12.5. The molecule has 0 spiro atoms. The Hall–Kier alpha value is -2.80. The van der Waals surface area contributed by atoms with Gasteiger partial charge in [0.1, 0.15) is 5.69 Å². The summed E-state index contributed by atoms with van der Waals surface area (Å²) in [4.78, 5) is 36.5. The topological polar surface area (TPSA) is 87.7 Å². The molecule has 3 aromatic rings. The van der Waals surface area contributed by atoms with Crippen LogP contribution in [0.3, 0.4) is 0 Å². The van der Waals surface area contributed by atoms with Crippen molar-refractivity contribution in [2.24, 2.45) is 0 Å². The van der Waals surface area contributed by atoms with Crippen LogP contribution in [0, 0.1) is 6.92 Å². The first kappa shape index (κ1) is 18.6. The van der Waals surface area contributed by atoms with Crippen molar-refractivity contribution >= 4 is 23.0 Å². The van der Waals surface area contributed by atoms with E-state index in [1.54, 1.807) is 23.7 Å². The SMILES string of the molecule is Cc1c(C(=O)NCCCc2nc(-c3ccncc3)cs2)[nH]c2c1C(=O)CCC2. The van der Waals surface area contributed by atoms with Crippen molar-refractivity contribution in [1.82, 2.24) is 20.3 Å². The molecular weight excluding hydrogens is 372 g/mol. The molecular formula is C21H22N4O2S. The van der Waals surface area contributed by atoms with Crippen LogP contribution >= 0.6 is 11.3 Å². The molecule has 0 saturated carbocycles. The average Bonchev–Trinajstić information content (AvgIpc) is 3.31. The molecule has 0 bridgehead atoms. The van der Waals surface area contributed by atoms with E-state index in [1.165, 1.54) is 0 Å². The van der Waals surface area contributed by atoms with E-state index < -0.39 is 0 Å². The van der Waals surface area contributed by atoms with Gasteiger partial charge in [0.25, 0.3) is 5.91 Å². The monoisotopic (exact) mass is 394 g/mol. The molecule has 7 heteroatoms. The third-order valence-electron chi connectivity index (χ3n) is 5.04. The lowest BCUT2D eigenvalue weighted by molar-refractivity contribution is 0.0947. The maximum atomic E-state index is 12.5. The minimum atomic E-state index is -0.142. The lowest BCUT2D eigenvalue weighted by Crippen LogP contribution is -2.25. The number of aromatic nitrogens is 3. The van der Waals surface area contributed by atoms with Crippen LogP contribution in [-0.4, -0.2) is 33.2 Å². The van der Waals surface area contributed by atoms with E-state index in [9.17, 15) is 9.59 Å². The molecule has 0 fully saturated rings. The van der Waals surface area contributed by atoms with Crippen LogP contribution in [-0.2, 0) is 12.8 Å². The second-order valence-electron chi connectivity index (χ2n) is 6.98. The third kappa shape index (κ3) is 3.75. The molecule has 0 saturated heterocycles. The highest BCUT2D eigenvalue weighted by Crippen LogP contribution is 2.26. The number of nitrogens with zero attached hydrogens (tertiary/aromatic N) is 2. The smallest absolute Gasteiger partial charge is 0.268 e. The molecule has 0 unspecified atom stereocenters. The van der Waals surface area contributed by atoms with Crippen molar-refractivity contribution in [2.45, 2.75) is 39.0 Å². The molecule has 6 nitrogen and oxygen atoms in total. The van der Waals surface area contributed by atoms with Crippen molar-refractivity contribution in [1.29, 1.82) is 0 Å². The van der Waals surface area contributed by atoms with Gasteiger partial charge in [0.2, 0.25) is 0 Å². The van der Waals surface area contributed by atoms with Gasteiger partial charge in [-0.15, -0.1) is 11.3 Å². The van der Waals surface area contributed by atoms with Crippen LogP contribution in [0.1, 0.15) is 56.4 Å². The quantitative estimate of drug-likeness (QED) is 0.624. The molecule has 144 valence electrons. The van der Waals surface area contributed by atoms with E-state index in [0.717, 1.165) is 58.8 Å². The number of H-pyrrole nitrogens is 1. The first-order chi connectivity index (χ1) is 13.6. The summed E-state index contributed by atoms with van der Waals surface area (Å²) in [5.74, 6) is -0.000801. The molecule has 28 heavy (non-hydrogen) atoms. The molecule has 3 aromatic heterocycles. The van der Waals surface area contributed by atoms with E-state index in [-0.39, 0.29) is 11.7 Å². The molecule has 0 aromatic carbocycles. The van der Waals surface area contributed by atoms with Crippen LogP contribution in [0.15, 0.2) is 29.9 Å². The van der Waals surface area contributed by atoms with E-state index in [0.29, 0.717) is 18.7 Å². The number of aryl methyl sites for hydroxylation is 2. The predicted molar refractivity (Wildman–Crippen MR) is 109 cm³/mol. The molecule has 0 radical (unpaired) electrons. The minimum absolute atomic E-state index is 0.142. The van der Waals surface area contributed by atoms with Crippen molar-refractivity contribution in [2.75, 3.05) is 6.54 Å². The lowest BCUT2D eigenvalue weighted by atomic mass is 9.94. The van der Waals surface area contributed by atoms with Gasteiger partial charge in [-0.05, 0) is 43.9 Å². The largest absolute Gasteiger partial charge is 0.354 e. The van der Waals surface area contributed by atoms with Gasteiger partial charge in [0.05, 0.1) is 10.7 Å². The van der Waals surface area contributed by atoms with Gasteiger partial charge >= 0.3 is 0 Å². The number of Topliss-reactive ketones (excluding diaryl/α,β-unsaturated/α-hetero) is 1. The highest BCUT2D eigenvalue weighted by Gasteiger charge is 2.26. The summed E-state index contributed by atoms with van der Waals surface area (Å²) in [6.45, 7) is 2.42. The molecule has 3 heterocycles. The maximum Gasteiger partial charge on any atom is 0.268 e. The number of carbonyl (C=O) groups is 2. The Morgan fingerprint density at radius 3 is 2.89 bits per heavy atom. The van der Waals surface area contributed by atoms with Crippen LogP contribution in [0.4, 0.5) is 0 Å². The molecule has 2 N–H and O–H groups in total. The van der Waals surface area contributed by atoms with Gasteiger partial charge in [-0.1, -0.05) is 0 Å². The Morgan fingerprint density at radius 2 is 2.11 bits per heavy atom. The van der Waals surface area contributed by atoms with Crippen LogP contribution in [0.25, 0.3) is 11.3 Å². The number of aromatic amines is 1. The summed E-state index contributed by atoms with van der Waals surface area (Å²) in [5.41, 5.74) is 4.96. The molecule has 4 rings (SSSR count). The number of hydrogen-bond donors (Lipinski definition) is 2. The second-order valence-corrected chi connectivity index (χ2v) is 7.92. The molecule has 1 aliphatic carbocycles. The Morgan fingerprint density at radius 1 is 1.29 bits per heavy atom. The zero-order valence-electron chi connectivity index (χ0n) is 15.7. The number of hydrogen-bond acceptors (Lipinski definition) is 5. The van der Waals surface area contributed by atoms with Gasteiger partial charge in [-0.2, -0.15) is 0 Å². The van der Waals surface area contributed by atoms with Gasteiger partial charge in [-0.25, -0.2) is 4.98 Å². The summed E-state index contributed by atoms with van der Waals surface area (Å²) in [6, 6.07) is 3.89. The average molecular weight is 395 g/mol. The predicted octanol–water partition coefficient (Wildman–Crippen LogP) is 3.72. The Balaban J connectivity index is 1.31. The molecule has 0 atom stereocenters. The number of carbonyl (C=O) groups excluding carboxylic acids is 2. The number of rotatable bonds is 6. The fourth-order valence-electron chi connectivity index (χ4n) is 3.61. The minimum Gasteiger partial charge on any atom is -0.354 e. The summed E-state index contributed by atoms with van der Waals surface area (Å²) in [6.07, 6.45) is 7.40. The zero-order chi connectivity index (χ0) is 19.5. The van der Waals surface area contributed by atoms with Crippen LogP contribution in [0.2, 0.25) is 0 Å². The van der Waals surface area contributed by atoms with Crippen molar-refractivity contribution < 1.29 is 9.59 Å². The van der Waals surface area contributed by atoms with Crippen LogP contribution < -0.4 is 5.32 Å². The van der Waals surface area contributed by atoms with E-state index >= 15 is 0 Å². The molecule has 1 aliphatic rings. The highest BCUT2D eigenvalue weighted by molar-refractivity contribution is 7.09. The summed E-state index contributed by atoms with van der Waals surface area (Å²) in [5, 5.41) is 6.06. The van der Waals surface area contributed by atoms with E-state index in [4.69, 9.17) is 0 Å². The van der Waals surface area contributed by atoms with Gasteiger partial charge < -0.3 is 10.3 Å².